The molecule has 1 aromatic carbocycles. The van der Waals surface area contributed by atoms with Gasteiger partial charge in [0.15, 0.2) is 0 Å². The van der Waals surface area contributed by atoms with Crippen LogP contribution in [-0.4, -0.2) is 53.6 Å². The van der Waals surface area contributed by atoms with Crippen LogP contribution in [0.3, 0.4) is 0 Å². The second kappa shape index (κ2) is 13.5. The molecule has 2 aliphatic rings. The van der Waals surface area contributed by atoms with Crippen molar-refractivity contribution in [1.82, 2.24) is 0 Å². The Balaban J connectivity index is 1.67. The van der Waals surface area contributed by atoms with Crippen molar-refractivity contribution in [1.29, 1.82) is 0 Å². The van der Waals surface area contributed by atoms with E-state index in [9.17, 15) is 51.3 Å². The number of rotatable bonds is 11. The molecule has 2 heterocycles. The highest BCUT2D eigenvalue weighted by Gasteiger charge is 2.55. The van der Waals surface area contributed by atoms with E-state index in [-0.39, 0.29) is 37.7 Å². The number of ether oxygens (including phenoxy) is 1. The van der Waals surface area contributed by atoms with Gasteiger partial charge in [-0.1, -0.05) is 12.5 Å². The Hall–Kier alpha value is -3.46. The maximum Gasteiger partial charge on any atom is 0.416 e. The number of anilines is 1. The van der Waals surface area contributed by atoms with E-state index in [1.807, 2.05) is 6.92 Å². The molecule has 4 atom stereocenters. The van der Waals surface area contributed by atoms with Crippen molar-refractivity contribution >= 4 is 23.6 Å². The molecule has 1 aromatic heterocycles. The van der Waals surface area contributed by atoms with Crippen molar-refractivity contribution in [3.63, 3.8) is 0 Å². The molecule has 1 aliphatic heterocycles. The summed E-state index contributed by atoms with van der Waals surface area (Å²) in [4.78, 5) is 27.5. The number of carbonyl (C=O) groups excluding carboxylic acids is 2. The van der Waals surface area contributed by atoms with Gasteiger partial charge in [-0.25, -0.2) is 4.90 Å². The van der Waals surface area contributed by atoms with E-state index >= 15 is 0 Å². The van der Waals surface area contributed by atoms with Gasteiger partial charge in [-0.05, 0) is 73.2 Å². The highest BCUT2D eigenvalue weighted by Crippen LogP contribution is 2.48. The first kappa shape index (κ1) is 34.4. The van der Waals surface area contributed by atoms with Crippen molar-refractivity contribution in [3.8, 4) is 0 Å². The summed E-state index contributed by atoms with van der Waals surface area (Å²) in [6, 6.07) is 3.83. The van der Waals surface area contributed by atoms with E-state index < -0.39 is 71.4 Å². The highest BCUT2D eigenvalue weighted by molar-refractivity contribution is 6.22. The molecule has 8 nitrogen and oxygen atoms in total. The minimum atomic E-state index is -5.20. The molecule has 1 aliphatic carbocycles. The minimum Gasteiger partial charge on any atom is -0.459 e. The average molecular weight is 646 g/mol. The van der Waals surface area contributed by atoms with Crippen LogP contribution in [0.2, 0.25) is 0 Å². The molecule has 1 saturated heterocycles. The number of furan rings is 1. The third-order valence-electron chi connectivity index (χ3n) is 8.27. The average Bonchev–Trinajstić information content (AvgIpc) is 3.54. The van der Waals surface area contributed by atoms with E-state index in [4.69, 9.17) is 9.15 Å². The lowest BCUT2D eigenvalue weighted by Gasteiger charge is -2.36. The van der Waals surface area contributed by atoms with Gasteiger partial charge in [-0.15, -0.1) is 0 Å². The number of fused-ring (bicyclic) bond motifs is 1. The fourth-order valence-electron chi connectivity index (χ4n) is 6.18. The minimum absolute atomic E-state index is 0.0951. The zero-order valence-corrected chi connectivity index (χ0v) is 24.4. The van der Waals surface area contributed by atoms with Crippen LogP contribution in [0.25, 0.3) is 6.08 Å². The van der Waals surface area contributed by atoms with Crippen molar-refractivity contribution in [2.24, 2.45) is 17.8 Å². The molecule has 2 aromatic rings. The van der Waals surface area contributed by atoms with Crippen molar-refractivity contribution < 1.29 is 60.4 Å². The standard InChI is InChI=1S/C31H33F6NO7/c1-3-16(8-21-5-6-22(13-39)45-21)4-7-25(41)26-17(15-44-2)9-23-27(24(26)14-40)29(43)38(28(23)42)20-11-18(30(32,33)34)10-19(12-20)31(35,36)37/h5-6,8,10-12,23-25,27,39-41H,3-4,7,9,13-15H2,1-2H3/b16-8+/t23-,24+,25-,27-/m1/s1. The Morgan fingerprint density at radius 3 is 2.22 bits per heavy atom. The molecule has 0 bridgehead atoms. The number of nitrogens with zero attached hydrogens (tertiary/aromatic N) is 1. The number of aliphatic hydroxyl groups excluding tert-OH is 3. The van der Waals surface area contributed by atoms with Crippen LogP contribution in [-0.2, 0) is 33.3 Å². The summed E-state index contributed by atoms with van der Waals surface area (Å²) in [5.41, 5.74) is -2.71. The number of alkyl halides is 6. The summed E-state index contributed by atoms with van der Waals surface area (Å²) >= 11 is 0. The van der Waals surface area contributed by atoms with Crippen LogP contribution >= 0.6 is 0 Å². The number of benzene rings is 1. The fraction of sp³-hybridized carbons (Fsp3) is 0.484. The molecular formula is C31H33F6NO7. The molecule has 1 fully saturated rings. The molecule has 0 saturated carbocycles. The van der Waals surface area contributed by atoms with Gasteiger partial charge in [-0.2, -0.15) is 26.3 Å². The van der Waals surface area contributed by atoms with E-state index in [2.05, 4.69) is 0 Å². The predicted molar refractivity (Wildman–Crippen MR) is 148 cm³/mol. The Morgan fingerprint density at radius 2 is 1.71 bits per heavy atom. The van der Waals surface area contributed by atoms with Gasteiger partial charge in [0.05, 0.1) is 48.0 Å². The number of carbonyl (C=O) groups is 2. The summed E-state index contributed by atoms with van der Waals surface area (Å²) in [5.74, 6) is -4.89. The number of imide groups is 1. The largest absolute Gasteiger partial charge is 0.459 e. The van der Waals surface area contributed by atoms with Crippen molar-refractivity contribution in [2.75, 3.05) is 25.2 Å². The normalized spacial score (nSPS) is 22.0. The number of hydrogen-bond acceptors (Lipinski definition) is 7. The lowest BCUT2D eigenvalue weighted by molar-refractivity contribution is -0.143. The van der Waals surface area contributed by atoms with Crippen LogP contribution in [0.5, 0.6) is 0 Å². The van der Waals surface area contributed by atoms with E-state index in [0.29, 0.717) is 47.0 Å². The molecule has 0 radical (unpaired) electrons. The number of amides is 2. The maximum absolute atomic E-state index is 13.7. The first-order valence-corrected chi connectivity index (χ1v) is 14.2. The zero-order valence-electron chi connectivity index (χ0n) is 24.4. The van der Waals surface area contributed by atoms with Gasteiger partial charge in [-0.3, -0.25) is 9.59 Å². The monoisotopic (exact) mass is 645 g/mol. The van der Waals surface area contributed by atoms with Gasteiger partial charge >= 0.3 is 12.4 Å². The summed E-state index contributed by atoms with van der Waals surface area (Å²) in [7, 11) is 1.36. The summed E-state index contributed by atoms with van der Waals surface area (Å²) in [6.45, 7) is 0.797. The van der Waals surface area contributed by atoms with Crippen LogP contribution in [0.1, 0.15) is 55.3 Å². The molecular weight excluding hydrogens is 612 g/mol. The number of hydrogen-bond donors (Lipinski definition) is 3. The van der Waals surface area contributed by atoms with Gasteiger partial charge in [0, 0.05) is 13.0 Å². The Bertz CT molecular complexity index is 1440. The molecule has 4 rings (SSSR count). The lowest BCUT2D eigenvalue weighted by Crippen LogP contribution is -2.39. The SMILES string of the molecule is CC/C(=C\c1ccc(CO)o1)CC[C@@H](O)C1=C(COC)C[C@H]2C(=O)N(c3cc(C(F)(F)F)cc(C(F)(F)F)c3)C(=O)[C@H]2[C@H]1CO. The van der Waals surface area contributed by atoms with E-state index in [0.717, 1.165) is 5.57 Å². The first-order chi connectivity index (χ1) is 21.1. The number of aliphatic hydroxyl groups is 3. The Kier molecular flexibility index (Phi) is 10.3. The zero-order chi connectivity index (χ0) is 33.3. The second-order valence-corrected chi connectivity index (χ2v) is 11.1. The van der Waals surface area contributed by atoms with E-state index in [1.54, 1.807) is 18.2 Å². The molecule has 45 heavy (non-hydrogen) atoms. The van der Waals surface area contributed by atoms with Gasteiger partial charge in [0.2, 0.25) is 11.8 Å². The first-order valence-electron chi connectivity index (χ1n) is 14.2. The summed E-state index contributed by atoms with van der Waals surface area (Å²) in [6.07, 6.45) is -8.95. The van der Waals surface area contributed by atoms with Gasteiger partial charge in [0.1, 0.15) is 18.1 Å². The smallest absolute Gasteiger partial charge is 0.416 e. The van der Waals surface area contributed by atoms with Crippen molar-refractivity contribution in [3.05, 3.63) is 69.7 Å². The quantitative estimate of drug-likeness (QED) is 0.168. The number of allylic oxidation sites excluding steroid dienone is 1. The Labute approximate surface area is 254 Å². The van der Waals surface area contributed by atoms with Crippen LogP contribution in [0, 0.1) is 17.8 Å². The fourth-order valence-corrected chi connectivity index (χ4v) is 6.18. The van der Waals surface area contributed by atoms with Crippen LogP contribution in [0.4, 0.5) is 32.0 Å². The molecule has 246 valence electrons. The predicted octanol–water partition coefficient (Wildman–Crippen LogP) is 5.51. The second-order valence-electron chi connectivity index (χ2n) is 11.1. The molecule has 14 heteroatoms. The van der Waals surface area contributed by atoms with E-state index in [1.165, 1.54) is 7.11 Å². The lowest BCUT2D eigenvalue weighted by atomic mass is 9.68. The van der Waals surface area contributed by atoms with Crippen LogP contribution in [0.15, 0.2) is 51.5 Å². The molecule has 0 spiro atoms. The van der Waals surface area contributed by atoms with Gasteiger partial charge in [0.25, 0.3) is 0 Å². The Morgan fingerprint density at radius 1 is 1.07 bits per heavy atom. The van der Waals surface area contributed by atoms with Gasteiger partial charge < -0.3 is 24.5 Å². The molecule has 2 amide bonds. The summed E-state index contributed by atoms with van der Waals surface area (Å²) < 4.78 is 92.0. The van der Waals surface area contributed by atoms with Crippen molar-refractivity contribution in [2.45, 2.75) is 57.7 Å². The molecule has 0 unspecified atom stereocenters. The third kappa shape index (κ3) is 7.19. The number of halogens is 6. The van der Waals surface area contributed by atoms with Crippen LogP contribution < -0.4 is 4.90 Å². The summed E-state index contributed by atoms with van der Waals surface area (Å²) in [5, 5.41) is 31.0. The maximum atomic E-state index is 13.7. The highest BCUT2D eigenvalue weighted by atomic mass is 19.4. The third-order valence-corrected chi connectivity index (χ3v) is 8.27. The topological polar surface area (TPSA) is 120 Å². The molecule has 3 N–H and O–H groups in total. The number of methoxy groups -OCH3 is 1.